The summed E-state index contributed by atoms with van der Waals surface area (Å²) in [6, 6.07) is 11.1. The molecule has 0 unspecified atom stereocenters. The molecule has 1 amide bonds. The van der Waals surface area contributed by atoms with E-state index in [9.17, 15) is 4.79 Å². The second-order valence-corrected chi connectivity index (χ2v) is 4.63. The first kappa shape index (κ1) is 15.0. The molecule has 0 bridgehead atoms. The first-order valence-corrected chi connectivity index (χ1v) is 6.79. The molecule has 3 N–H and O–H groups in total. The van der Waals surface area contributed by atoms with E-state index in [4.69, 9.17) is 10.5 Å². The maximum atomic E-state index is 12.0. The number of nitrogens with zero attached hydrogens (tertiary/aromatic N) is 1. The number of amides is 1. The van der Waals surface area contributed by atoms with E-state index in [1.54, 1.807) is 19.4 Å². The lowest BCUT2D eigenvalue weighted by Gasteiger charge is -2.06. The minimum absolute atomic E-state index is 0.106. The summed E-state index contributed by atoms with van der Waals surface area (Å²) in [5.74, 6) is 0.450. The predicted molar refractivity (Wildman–Crippen MR) is 81.2 cm³/mol. The average molecular weight is 285 g/mol. The van der Waals surface area contributed by atoms with Gasteiger partial charge in [-0.15, -0.1) is 0 Å². The number of nitrogens with one attached hydrogen (secondary N) is 1. The Kier molecular flexibility index (Phi) is 5.29. The third kappa shape index (κ3) is 4.29. The summed E-state index contributed by atoms with van der Waals surface area (Å²) in [6.45, 7) is 1.04. The summed E-state index contributed by atoms with van der Waals surface area (Å²) in [5, 5.41) is 2.86. The molecule has 21 heavy (non-hydrogen) atoms. The van der Waals surface area contributed by atoms with E-state index >= 15 is 0 Å². The zero-order chi connectivity index (χ0) is 15.1. The van der Waals surface area contributed by atoms with Gasteiger partial charge in [-0.3, -0.25) is 4.79 Å². The highest BCUT2D eigenvalue weighted by molar-refractivity contribution is 5.94. The monoisotopic (exact) mass is 285 g/mol. The Morgan fingerprint density at radius 3 is 2.48 bits per heavy atom. The number of hydrogen-bond acceptors (Lipinski definition) is 4. The molecular weight excluding hydrogens is 266 g/mol. The highest BCUT2D eigenvalue weighted by Gasteiger charge is 2.05. The lowest BCUT2D eigenvalue weighted by Crippen LogP contribution is -2.22. The van der Waals surface area contributed by atoms with Gasteiger partial charge in [0.25, 0.3) is 5.91 Å². The molecule has 0 spiro atoms. The lowest BCUT2D eigenvalue weighted by atomic mass is 10.1. The van der Waals surface area contributed by atoms with Crippen LogP contribution >= 0.6 is 0 Å². The van der Waals surface area contributed by atoms with E-state index in [1.807, 2.05) is 30.3 Å². The topological polar surface area (TPSA) is 77.2 Å². The minimum Gasteiger partial charge on any atom is -0.481 e. The maximum Gasteiger partial charge on any atom is 0.251 e. The minimum atomic E-state index is -0.106. The Balaban J connectivity index is 1.91. The Bertz CT molecular complexity index is 579. The molecule has 0 saturated heterocycles. The van der Waals surface area contributed by atoms with Gasteiger partial charge < -0.3 is 15.8 Å². The van der Waals surface area contributed by atoms with Crippen molar-refractivity contribution in [1.29, 1.82) is 0 Å². The van der Waals surface area contributed by atoms with Gasteiger partial charge in [-0.05, 0) is 36.2 Å². The molecule has 0 saturated carbocycles. The van der Waals surface area contributed by atoms with E-state index in [-0.39, 0.29) is 5.91 Å². The number of rotatable bonds is 6. The van der Waals surface area contributed by atoms with Crippen molar-refractivity contribution in [2.24, 2.45) is 5.73 Å². The fourth-order valence-electron chi connectivity index (χ4n) is 1.91. The molecule has 5 nitrogen and oxygen atoms in total. The number of aromatic nitrogens is 1. The van der Waals surface area contributed by atoms with E-state index in [1.165, 1.54) is 0 Å². The van der Waals surface area contributed by atoms with Crippen LogP contribution in [0.5, 0.6) is 5.88 Å². The molecule has 1 aromatic carbocycles. The van der Waals surface area contributed by atoms with Gasteiger partial charge >= 0.3 is 0 Å². The van der Waals surface area contributed by atoms with Crippen molar-refractivity contribution in [2.45, 2.75) is 13.0 Å². The molecule has 0 aliphatic rings. The number of pyridine rings is 1. The molecule has 0 aliphatic carbocycles. The molecule has 5 heteroatoms. The van der Waals surface area contributed by atoms with E-state index < -0.39 is 0 Å². The van der Waals surface area contributed by atoms with Crippen molar-refractivity contribution in [3.8, 4) is 5.88 Å². The molecule has 1 aromatic heterocycles. The third-order valence-corrected chi connectivity index (χ3v) is 3.11. The van der Waals surface area contributed by atoms with Crippen LogP contribution in [0, 0.1) is 0 Å². The van der Waals surface area contributed by atoms with Gasteiger partial charge in [0.1, 0.15) is 0 Å². The molecule has 1 heterocycles. The molecular formula is C16H19N3O2. The Labute approximate surface area is 124 Å². The van der Waals surface area contributed by atoms with Crippen LogP contribution in [0.15, 0.2) is 42.6 Å². The lowest BCUT2D eigenvalue weighted by molar-refractivity contribution is 0.0951. The Hall–Kier alpha value is -2.40. The van der Waals surface area contributed by atoms with Crippen LogP contribution in [-0.4, -0.2) is 24.5 Å². The number of benzene rings is 1. The largest absolute Gasteiger partial charge is 0.481 e. The number of nitrogens with two attached hydrogens (primary N) is 1. The quantitative estimate of drug-likeness (QED) is 0.843. The zero-order valence-corrected chi connectivity index (χ0v) is 12.0. The molecule has 0 atom stereocenters. The average Bonchev–Trinajstić information content (AvgIpc) is 2.54. The van der Waals surface area contributed by atoms with Crippen LogP contribution in [0.1, 0.15) is 21.5 Å². The van der Waals surface area contributed by atoms with Gasteiger partial charge in [-0.2, -0.15) is 0 Å². The highest BCUT2D eigenvalue weighted by Crippen LogP contribution is 2.08. The smallest absolute Gasteiger partial charge is 0.251 e. The summed E-state index contributed by atoms with van der Waals surface area (Å²) < 4.78 is 4.99. The van der Waals surface area contributed by atoms with Gasteiger partial charge in [-0.25, -0.2) is 4.98 Å². The summed E-state index contributed by atoms with van der Waals surface area (Å²) in [4.78, 5) is 16.1. The van der Waals surface area contributed by atoms with Crippen molar-refractivity contribution in [2.75, 3.05) is 13.7 Å². The van der Waals surface area contributed by atoms with Crippen LogP contribution in [0.4, 0.5) is 0 Å². The molecule has 0 aliphatic heterocycles. The van der Waals surface area contributed by atoms with Crippen LogP contribution in [0.3, 0.4) is 0 Å². The first-order valence-electron chi connectivity index (χ1n) is 6.79. The maximum absolute atomic E-state index is 12.0. The second kappa shape index (κ2) is 7.40. The van der Waals surface area contributed by atoms with Gasteiger partial charge in [0, 0.05) is 24.4 Å². The van der Waals surface area contributed by atoms with E-state index in [0.29, 0.717) is 24.5 Å². The summed E-state index contributed by atoms with van der Waals surface area (Å²) in [5.41, 5.74) is 8.19. The van der Waals surface area contributed by atoms with Crippen molar-refractivity contribution < 1.29 is 9.53 Å². The van der Waals surface area contributed by atoms with Crippen LogP contribution < -0.4 is 15.8 Å². The highest BCUT2D eigenvalue weighted by atomic mass is 16.5. The van der Waals surface area contributed by atoms with Crippen LogP contribution in [0.25, 0.3) is 0 Å². The third-order valence-electron chi connectivity index (χ3n) is 3.11. The molecule has 0 radical (unpaired) electrons. The standard InChI is InChI=1S/C16H19N3O2/c1-21-15-7-4-13(10-18-15)11-19-16(20)14-5-2-12(3-6-14)8-9-17/h2-7,10H,8-9,11,17H2,1H3,(H,19,20). The molecule has 110 valence electrons. The number of carbonyl (C=O) groups is 1. The Morgan fingerprint density at radius 1 is 1.19 bits per heavy atom. The van der Waals surface area contributed by atoms with Gasteiger partial charge in [0.15, 0.2) is 0 Å². The summed E-state index contributed by atoms with van der Waals surface area (Å²) in [7, 11) is 1.57. The fourth-order valence-corrected chi connectivity index (χ4v) is 1.91. The number of hydrogen-bond donors (Lipinski definition) is 2. The van der Waals surface area contributed by atoms with Crippen molar-refractivity contribution in [3.63, 3.8) is 0 Å². The van der Waals surface area contributed by atoms with Gasteiger partial charge in [-0.1, -0.05) is 18.2 Å². The molecule has 0 fully saturated rings. The fraction of sp³-hybridized carbons (Fsp3) is 0.250. The normalized spacial score (nSPS) is 10.2. The zero-order valence-electron chi connectivity index (χ0n) is 12.0. The van der Waals surface area contributed by atoms with Crippen LogP contribution in [-0.2, 0) is 13.0 Å². The number of carbonyl (C=O) groups excluding carboxylic acids is 1. The molecule has 2 aromatic rings. The van der Waals surface area contributed by atoms with Gasteiger partial charge in [0.2, 0.25) is 5.88 Å². The van der Waals surface area contributed by atoms with E-state index in [0.717, 1.165) is 17.5 Å². The van der Waals surface area contributed by atoms with Crippen LogP contribution in [0.2, 0.25) is 0 Å². The Morgan fingerprint density at radius 2 is 1.90 bits per heavy atom. The summed E-state index contributed by atoms with van der Waals surface area (Å²) in [6.07, 6.45) is 2.50. The number of methoxy groups -OCH3 is 1. The van der Waals surface area contributed by atoms with Crippen molar-refractivity contribution >= 4 is 5.91 Å². The van der Waals surface area contributed by atoms with Crippen molar-refractivity contribution in [1.82, 2.24) is 10.3 Å². The second-order valence-electron chi connectivity index (χ2n) is 4.63. The SMILES string of the molecule is COc1ccc(CNC(=O)c2ccc(CCN)cc2)cn1. The predicted octanol–water partition coefficient (Wildman–Crippen LogP) is 1.52. The van der Waals surface area contributed by atoms with Crippen molar-refractivity contribution in [3.05, 3.63) is 59.3 Å². The van der Waals surface area contributed by atoms with Gasteiger partial charge in [0.05, 0.1) is 7.11 Å². The van der Waals surface area contributed by atoms with E-state index in [2.05, 4.69) is 10.3 Å². The molecule has 2 rings (SSSR count). The first-order chi connectivity index (χ1) is 10.2. The summed E-state index contributed by atoms with van der Waals surface area (Å²) >= 11 is 0. The number of ether oxygens (including phenoxy) is 1.